The minimum absolute atomic E-state index is 0.183. The summed E-state index contributed by atoms with van der Waals surface area (Å²) in [6.45, 7) is 4.27. The van der Waals surface area contributed by atoms with Crippen LogP contribution < -0.4 is 0 Å². The van der Waals surface area contributed by atoms with Crippen LogP contribution in [-0.2, 0) is 7.05 Å². The second-order valence-corrected chi connectivity index (χ2v) is 5.59. The Hall–Kier alpha value is -2.09. The molecule has 0 spiro atoms. The lowest BCUT2D eigenvalue weighted by molar-refractivity contribution is 0.627. The molecule has 0 amide bonds. The third kappa shape index (κ3) is 2.11. The normalized spacial score (nSPS) is 11.4. The van der Waals surface area contributed by atoms with Gasteiger partial charge in [-0.3, -0.25) is 0 Å². The summed E-state index contributed by atoms with van der Waals surface area (Å²) in [5.41, 5.74) is 4.44. The Labute approximate surface area is 118 Å². The van der Waals surface area contributed by atoms with Gasteiger partial charge in [0.25, 0.3) is 0 Å². The van der Waals surface area contributed by atoms with Crippen LogP contribution in [0.2, 0.25) is 0 Å². The SMILES string of the molecule is CC(C)c1ccc(F)cc1-c1ccc2c(ccn2C)c1. The minimum Gasteiger partial charge on any atom is -0.351 e. The van der Waals surface area contributed by atoms with E-state index in [1.165, 1.54) is 16.5 Å². The summed E-state index contributed by atoms with van der Waals surface area (Å²) < 4.78 is 15.7. The highest BCUT2D eigenvalue weighted by molar-refractivity contribution is 5.86. The first-order chi connectivity index (χ1) is 9.56. The topological polar surface area (TPSA) is 4.93 Å². The first-order valence-electron chi connectivity index (χ1n) is 6.91. The molecule has 2 heteroatoms. The molecule has 0 aliphatic heterocycles. The fourth-order valence-corrected chi connectivity index (χ4v) is 2.73. The van der Waals surface area contributed by atoms with Crippen LogP contribution in [-0.4, -0.2) is 4.57 Å². The molecular weight excluding hydrogens is 249 g/mol. The number of aryl methyl sites for hydroxylation is 1. The minimum atomic E-state index is -0.183. The lowest BCUT2D eigenvalue weighted by atomic mass is 9.92. The molecule has 1 nitrogen and oxygen atoms in total. The third-order valence-corrected chi connectivity index (χ3v) is 3.83. The lowest BCUT2D eigenvalue weighted by Gasteiger charge is -2.13. The van der Waals surface area contributed by atoms with Crippen molar-refractivity contribution in [2.75, 3.05) is 0 Å². The van der Waals surface area contributed by atoms with E-state index in [9.17, 15) is 4.39 Å². The van der Waals surface area contributed by atoms with E-state index in [0.717, 1.165) is 11.1 Å². The van der Waals surface area contributed by atoms with Gasteiger partial charge in [-0.05, 0) is 52.9 Å². The summed E-state index contributed by atoms with van der Waals surface area (Å²) in [5.74, 6) is 0.189. The number of rotatable bonds is 2. The maximum atomic E-state index is 13.6. The van der Waals surface area contributed by atoms with E-state index in [-0.39, 0.29) is 5.82 Å². The number of hydrogen-bond acceptors (Lipinski definition) is 0. The monoisotopic (exact) mass is 267 g/mol. The average molecular weight is 267 g/mol. The summed E-state index contributed by atoms with van der Waals surface area (Å²) in [6, 6.07) is 13.5. The van der Waals surface area contributed by atoms with E-state index in [1.807, 2.05) is 19.3 Å². The lowest BCUT2D eigenvalue weighted by Crippen LogP contribution is -1.94. The van der Waals surface area contributed by atoms with E-state index in [2.05, 4.69) is 42.7 Å². The van der Waals surface area contributed by atoms with Crippen molar-refractivity contribution in [1.29, 1.82) is 0 Å². The molecule has 0 radical (unpaired) electrons. The van der Waals surface area contributed by atoms with Crippen molar-refractivity contribution in [2.24, 2.45) is 7.05 Å². The molecule has 3 rings (SSSR count). The Morgan fingerprint density at radius 2 is 1.80 bits per heavy atom. The number of nitrogens with zero attached hydrogens (tertiary/aromatic N) is 1. The van der Waals surface area contributed by atoms with Gasteiger partial charge in [0.15, 0.2) is 0 Å². The number of halogens is 1. The quantitative estimate of drug-likeness (QED) is 0.608. The van der Waals surface area contributed by atoms with Crippen molar-refractivity contribution in [2.45, 2.75) is 19.8 Å². The van der Waals surface area contributed by atoms with E-state index in [1.54, 1.807) is 12.1 Å². The first kappa shape index (κ1) is 12.9. The summed E-state index contributed by atoms with van der Waals surface area (Å²) >= 11 is 0. The van der Waals surface area contributed by atoms with E-state index in [0.29, 0.717) is 5.92 Å². The molecule has 20 heavy (non-hydrogen) atoms. The van der Waals surface area contributed by atoms with Gasteiger partial charge in [0.05, 0.1) is 0 Å². The summed E-state index contributed by atoms with van der Waals surface area (Å²) in [7, 11) is 2.03. The van der Waals surface area contributed by atoms with Gasteiger partial charge >= 0.3 is 0 Å². The Morgan fingerprint density at radius 3 is 2.55 bits per heavy atom. The fraction of sp³-hybridized carbons (Fsp3) is 0.222. The molecule has 0 atom stereocenters. The zero-order valence-electron chi connectivity index (χ0n) is 12.0. The Balaban J connectivity index is 2.21. The molecule has 0 bridgehead atoms. The van der Waals surface area contributed by atoms with E-state index in [4.69, 9.17) is 0 Å². The number of hydrogen-bond donors (Lipinski definition) is 0. The van der Waals surface area contributed by atoms with Gasteiger partial charge in [0.2, 0.25) is 0 Å². The van der Waals surface area contributed by atoms with E-state index < -0.39 is 0 Å². The van der Waals surface area contributed by atoms with Crippen molar-refractivity contribution >= 4 is 10.9 Å². The molecule has 102 valence electrons. The van der Waals surface area contributed by atoms with Gasteiger partial charge in [-0.15, -0.1) is 0 Å². The molecule has 0 unspecified atom stereocenters. The Bertz CT molecular complexity index is 768. The van der Waals surface area contributed by atoms with Gasteiger partial charge in [0.1, 0.15) is 5.82 Å². The second kappa shape index (κ2) is 4.78. The predicted molar refractivity (Wildman–Crippen MR) is 82.4 cm³/mol. The van der Waals surface area contributed by atoms with Crippen molar-refractivity contribution in [1.82, 2.24) is 4.57 Å². The fourth-order valence-electron chi connectivity index (χ4n) is 2.73. The zero-order chi connectivity index (χ0) is 14.3. The molecule has 0 saturated carbocycles. The summed E-state index contributed by atoms with van der Waals surface area (Å²) in [4.78, 5) is 0. The van der Waals surface area contributed by atoms with Crippen molar-refractivity contribution in [3.05, 3.63) is 60.0 Å². The third-order valence-electron chi connectivity index (χ3n) is 3.83. The van der Waals surface area contributed by atoms with Crippen molar-refractivity contribution in [3.63, 3.8) is 0 Å². The van der Waals surface area contributed by atoms with Crippen LogP contribution in [0.5, 0.6) is 0 Å². The molecule has 0 aliphatic carbocycles. The number of fused-ring (bicyclic) bond motifs is 1. The molecule has 0 saturated heterocycles. The highest BCUT2D eigenvalue weighted by Crippen LogP contribution is 2.32. The van der Waals surface area contributed by atoms with Gasteiger partial charge in [-0.2, -0.15) is 0 Å². The van der Waals surface area contributed by atoms with Crippen LogP contribution >= 0.6 is 0 Å². The van der Waals surface area contributed by atoms with Gasteiger partial charge in [-0.1, -0.05) is 26.0 Å². The highest BCUT2D eigenvalue weighted by Gasteiger charge is 2.11. The molecule has 0 aliphatic rings. The molecule has 2 aromatic carbocycles. The summed E-state index contributed by atoms with van der Waals surface area (Å²) in [5, 5.41) is 1.18. The second-order valence-electron chi connectivity index (χ2n) is 5.59. The van der Waals surface area contributed by atoms with Gasteiger partial charge in [0, 0.05) is 24.1 Å². The molecule has 1 aromatic heterocycles. The van der Waals surface area contributed by atoms with E-state index >= 15 is 0 Å². The molecular formula is C18H18FN. The molecule has 3 aromatic rings. The van der Waals surface area contributed by atoms with Crippen LogP contribution in [0.15, 0.2) is 48.7 Å². The summed E-state index contributed by atoms with van der Waals surface area (Å²) in [6.07, 6.45) is 2.05. The maximum absolute atomic E-state index is 13.6. The van der Waals surface area contributed by atoms with Gasteiger partial charge < -0.3 is 4.57 Å². The molecule has 1 heterocycles. The molecule has 0 N–H and O–H groups in total. The van der Waals surface area contributed by atoms with Crippen molar-refractivity contribution < 1.29 is 4.39 Å². The standard InChI is InChI=1S/C18H18FN/c1-12(2)16-6-5-15(19)11-17(16)13-4-7-18-14(10-13)8-9-20(18)3/h4-12H,1-3H3. The maximum Gasteiger partial charge on any atom is 0.123 e. The highest BCUT2D eigenvalue weighted by atomic mass is 19.1. The van der Waals surface area contributed by atoms with Gasteiger partial charge in [-0.25, -0.2) is 4.39 Å². The van der Waals surface area contributed by atoms with Crippen molar-refractivity contribution in [3.8, 4) is 11.1 Å². The van der Waals surface area contributed by atoms with Crippen LogP contribution in [0.25, 0.3) is 22.0 Å². The number of aromatic nitrogens is 1. The first-order valence-corrected chi connectivity index (χ1v) is 6.91. The zero-order valence-corrected chi connectivity index (χ0v) is 12.0. The predicted octanol–water partition coefficient (Wildman–Crippen LogP) is 5.11. The largest absolute Gasteiger partial charge is 0.351 e. The average Bonchev–Trinajstić information content (AvgIpc) is 2.79. The van der Waals surface area contributed by atoms with Crippen LogP contribution in [0, 0.1) is 5.82 Å². The Kier molecular flexibility index (Phi) is 3.09. The number of benzene rings is 2. The van der Waals surface area contributed by atoms with Crippen LogP contribution in [0.1, 0.15) is 25.3 Å². The van der Waals surface area contributed by atoms with Crippen LogP contribution in [0.3, 0.4) is 0 Å². The molecule has 0 fully saturated rings. The Morgan fingerprint density at radius 1 is 1.00 bits per heavy atom. The smallest absolute Gasteiger partial charge is 0.123 e. The van der Waals surface area contributed by atoms with Crippen LogP contribution in [0.4, 0.5) is 4.39 Å².